The number of aromatic hydroxyl groups is 1. The summed E-state index contributed by atoms with van der Waals surface area (Å²) < 4.78 is 10.4. The molecule has 1 aliphatic carbocycles. The van der Waals surface area contributed by atoms with Crippen molar-refractivity contribution in [2.75, 3.05) is 7.11 Å². The number of methoxy groups -OCH3 is 1. The Kier molecular flexibility index (Phi) is 3.31. The molecule has 0 bridgehead atoms. The number of phenolic OH excluding ortho intramolecular Hbond substituents is 1. The number of hydrogen-bond donors (Lipinski definition) is 2. The summed E-state index contributed by atoms with van der Waals surface area (Å²) in [5, 5.41) is 14.3. The Morgan fingerprint density at radius 3 is 2.75 bits per heavy atom. The number of rotatable bonds is 3. The monoisotopic (exact) mass is 275 g/mol. The first-order chi connectivity index (χ1) is 9.74. The lowest BCUT2D eigenvalue weighted by molar-refractivity contribution is 0.380. The number of fused-ring (bicyclic) bond motifs is 1. The fourth-order valence-corrected chi connectivity index (χ4v) is 2.69. The molecule has 6 heteroatoms. The molecule has 6 nitrogen and oxygen atoms in total. The van der Waals surface area contributed by atoms with Gasteiger partial charge in [0.2, 0.25) is 11.7 Å². The topological polar surface area (TPSA) is 94.4 Å². The van der Waals surface area contributed by atoms with Gasteiger partial charge in [-0.1, -0.05) is 5.16 Å². The molecule has 0 aliphatic heterocycles. The Morgan fingerprint density at radius 1 is 1.35 bits per heavy atom. The summed E-state index contributed by atoms with van der Waals surface area (Å²) in [6.45, 7) is 0.176. The Bertz CT molecular complexity index is 637. The molecule has 0 spiro atoms. The van der Waals surface area contributed by atoms with E-state index < -0.39 is 0 Å². The predicted molar refractivity (Wildman–Crippen MR) is 72.5 cm³/mol. The number of aromatic nitrogens is 2. The first kappa shape index (κ1) is 12.9. The average molecular weight is 275 g/mol. The van der Waals surface area contributed by atoms with Gasteiger partial charge in [-0.05, 0) is 31.7 Å². The van der Waals surface area contributed by atoms with Crippen molar-refractivity contribution in [3.8, 4) is 22.9 Å². The number of ether oxygens (including phenoxy) is 1. The molecular weight excluding hydrogens is 258 g/mol. The molecule has 0 atom stereocenters. The van der Waals surface area contributed by atoms with Crippen LogP contribution in [-0.4, -0.2) is 22.4 Å². The number of phenols is 1. The average Bonchev–Trinajstić information content (AvgIpc) is 2.97. The summed E-state index contributed by atoms with van der Waals surface area (Å²) >= 11 is 0. The summed E-state index contributed by atoms with van der Waals surface area (Å²) in [4.78, 5) is 4.17. The molecule has 0 saturated heterocycles. The van der Waals surface area contributed by atoms with Crippen molar-refractivity contribution in [1.29, 1.82) is 0 Å². The van der Waals surface area contributed by atoms with E-state index in [1.807, 2.05) is 0 Å². The van der Waals surface area contributed by atoms with Gasteiger partial charge in [0.05, 0.1) is 19.2 Å². The number of hydrogen-bond acceptors (Lipinski definition) is 6. The van der Waals surface area contributed by atoms with Gasteiger partial charge in [-0.15, -0.1) is 0 Å². The molecule has 0 unspecified atom stereocenters. The largest absolute Gasteiger partial charge is 0.507 e. The highest BCUT2D eigenvalue weighted by atomic mass is 16.5. The molecule has 106 valence electrons. The van der Waals surface area contributed by atoms with E-state index >= 15 is 0 Å². The van der Waals surface area contributed by atoms with E-state index in [-0.39, 0.29) is 12.3 Å². The molecule has 0 amide bonds. The molecule has 0 saturated carbocycles. The lowest BCUT2D eigenvalue weighted by Gasteiger charge is -2.21. The SMILES string of the molecule is COc1cc(-c2noc(CN)n2)c(O)c2c1CCCC2. The third-order valence-electron chi connectivity index (χ3n) is 3.69. The highest BCUT2D eigenvalue weighted by Crippen LogP contribution is 2.41. The number of nitrogens with two attached hydrogens (primary N) is 1. The van der Waals surface area contributed by atoms with Gasteiger partial charge in [-0.25, -0.2) is 0 Å². The van der Waals surface area contributed by atoms with E-state index in [1.54, 1.807) is 13.2 Å². The van der Waals surface area contributed by atoms with Crippen molar-refractivity contribution in [1.82, 2.24) is 10.1 Å². The maximum Gasteiger partial charge on any atom is 0.240 e. The summed E-state index contributed by atoms with van der Waals surface area (Å²) in [5.74, 6) is 1.68. The second-order valence-electron chi connectivity index (χ2n) is 4.86. The van der Waals surface area contributed by atoms with Gasteiger partial charge < -0.3 is 20.1 Å². The zero-order valence-electron chi connectivity index (χ0n) is 11.3. The van der Waals surface area contributed by atoms with Crippen LogP contribution in [-0.2, 0) is 19.4 Å². The second kappa shape index (κ2) is 5.13. The fraction of sp³-hybridized carbons (Fsp3) is 0.429. The molecule has 20 heavy (non-hydrogen) atoms. The summed E-state index contributed by atoms with van der Waals surface area (Å²) in [5.41, 5.74) is 8.02. The molecule has 1 aromatic heterocycles. The van der Waals surface area contributed by atoms with Gasteiger partial charge in [0.25, 0.3) is 0 Å². The molecule has 1 aliphatic rings. The van der Waals surface area contributed by atoms with Crippen LogP contribution >= 0.6 is 0 Å². The molecule has 1 aromatic carbocycles. The van der Waals surface area contributed by atoms with Crippen LogP contribution < -0.4 is 10.5 Å². The van der Waals surface area contributed by atoms with E-state index in [9.17, 15) is 5.11 Å². The molecule has 0 radical (unpaired) electrons. The van der Waals surface area contributed by atoms with Crippen LogP contribution in [0.3, 0.4) is 0 Å². The van der Waals surface area contributed by atoms with Gasteiger partial charge in [0, 0.05) is 11.1 Å². The van der Waals surface area contributed by atoms with E-state index in [4.69, 9.17) is 15.0 Å². The minimum Gasteiger partial charge on any atom is -0.507 e. The molecule has 3 rings (SSSR count). The van der Waals surface area contributed by atoms with Crippen LogP contribution in [0.25, 0.3) is 11.4 Å². The van der Waals surface area contributed by atoms with Gasteiger partial charge in [0.15, 0.2) is 0 Å². The number of benzene rings is 1. The summed E-state index contributed by atoms with van der Waals surface area (Å²) in [7, 11) is 1.63. The maximum absolute atomic E-state index is 10.5. The van der Waals surface area contributed by atoms with Crippen LogP contribution in [0.15, 0.2) is 10.6 Å². The maximum atomic E-state index is 10.5. The van der Waals surface area contributed by atoms with Crippen molar-refractivity contribution in [2.24, 2.45) is 5.73 Å². The summed E-state index contributed by atoms with van der Waals surface area (Å²) in [6, 6.07) is 1.77. The first-order valence-corrected chi connectivity index (χ1v) is 6.69. The lowest BCUT2D eigenvalue weighted by Crippen LogP contribution is -2.06. The van der Waals surface area contributed by atoms with Crippen LogP contribution in [0.2, 0.25) is 0 Å². The molecule has 0 fully saturated rings. The highest BCUT2D eigenvalue weighted by Gasteiger charge is 2.23. The van der Waals surface area contributed by atoms with Crippen molar-refractivity contribution in [2.45, 2.75) is 32.2 Å². The minimum atomic E-state index is 0.176. The van der Waals surface area contributed by atoms with E-state index in [0.717, 1.165) is 42.6 Å². The Hall–Kier alpha value is -2.08. The molecule has 2 aromatic rings. The zero-order chi connectivity index (χ0) is 14.1. The van der Waals surface area contributed by atoms with Gasteiger partial charge in [-0.3, -0.25) is 0 Å². The molecule has 3 N–H and O–H groups in total. The van der Waals surface area contributed by atoms with Crippen LogP contribution in [0, 0.1) is 0 Å². The zero-order valence-corrected chi connectivity index (χ0v) is 11.3. The Balaban J connectivity index is 2.15. The van der Waals surface area contributed by atoms with Crippen LogP contribution in [0.4, 0.5) is 0 Å². The van der Waals surface area contributed by atoms with Gasteiger partial charge in [-0.2, -0.15) is 4.98 Å². The van der Waals surface area contributed by atoms with E-state index in [0.29, 0.717) is 17.3 Å². The van der Waals surface area contributed by atoms with Crippen molar-refractivity contribution in [3.05, 3.63) is 23.1 Å². The third-order valence-corrected chi connectivity index (χ3v) is 3.69. The van der Waals surface area contributed by atoms with E-state index in [1.165, 1.54) is 0 Å². The fourth-order valence-electron chi connectivity index (χ4n) is 2.69. The van der Waals surface area contributed by atoms with E-state index in [2.05, 4.69) is 10.1 Å². The van der Waals surface area contributed by atoms with Crippen molar-refractivity contribution in [3.63, 3.8) is 0 Å². The third kappa shape index (κ3) is 2.02. The standard InChI is InChI=1S/C14H17N3O3/c1-19-11-6-10(14-16-12(7-15)20-17-14)13(18)9-5-3-2-4-8(9)11/h6,18H,2-5,7,15H2,1H3. The quantitative estimate of drug-likeness (QED) is 0.886. The molecule has 1 heterocycles. The van der Waals surface area contributed by atoms with Crippen LogP contribution in [0.5, 0.6) is 11.5 Å². The van der Waals surface area contributed by atoms with Gasteiger partial charge in [0.1, 0.15) is 11.5 Å². The Morgan fingerprint density at radius 2 is 2.10 bits per heavy atom. The molecular formula is C14H17N3O3. The minimum absolute atomic E-state index is 0.176. The van der Waals surface area contributed by atoms with Crippen molar-refractivity contribution < 1.29 is 14.4 Å². The van der Waals surface area contributed by atoms with Crippen LogP contribution in [0.1, 0.15) is 29.9 Å². The van der Waals surface area contributed by atoms with Crippen molar-refractivity contribution >= 4 is 0 Å². The smallest absolute Gasteiger partial charge is 0.240 e. The predicted octanol–water partition coefficient (Wildman–Crippen LogP) is 1.79. The number of nitrogens with zero attached hydrogens (tertiary/aromatic N) is 2. The lowest BCUT2D eigenvalue weighted by atomic mass is 9.88. The second-order valence-corrected chi connectivity index (χ2v) is 4.86. The first-order valence-electron chi connectivity index (χ1n) is 6.69. The van der Waals surface area contributed by atoms with Gasteiger partial charge >= 0.3 is 0 Å². The normalized spacial score (nSPS) is 14.1. The Labute approximate surface area is 116 Å². The highest BCUT2D eigenvalue weighted by molar-refractivity contribution is 5.71. The summed E-state index contributed by atoms with van der Waals surface area (Å²) in [6.07, 6.45) is 3.94.